The van der Waals surface area contributed by atoms with Crippen LogP contribution >= 0.6 is 11.3 Å². The second-order valence-electron chi connectivity index (χ2n) is 5.39. The smallest absolute Gasteiger partial charge is 0.123 e. The van der Waals surface area contributed by atoms with Gasteiger partial charge in [-0.2, -0.15) is 0 Å². The van der Waals surface area contributed by atoms with E-state index in [-0.39, 0.29) is 5.41 Å². The lowest BCUT2D eigenvalue weighted by Gasteiger charge is -2.15. The first-order valence-corrected chi connectivity index (χ1v) is 7.03. The van der Waals surface area contributed by atoms with Gasteiger partial charge in [-0.15, -0.1) is 11.3 Å². The fourth-order valence-electron chi connectivity index (χ4n) is 2.34. The fourth-order valence-corrected chi connectivity index (χ4v) is 3.11. The van der Waals surface area contributed by atoms with Crippen LogP contribution in [0.25, 0.3) is 11.1 Å². The molecular weight excluding hydrogens is 242 g/mol. The van der Waals surface area contributed by atoms with Gasteiger partial charge in [-0.05, 0) is 34.7 Å². The van der Waals surface area contributed by atoms with E-state index in [1.807, 2.05) is 0 Å². The Bertz CT molecular complexity index is 586. The summed E-state index contributed by atoms with van der Waals surface area (Å²) in [5.74, 6) is 1.03. The quantitative estimate of drug-likeness (QED) is 0.895. The standard InChI is InChI=1S/C15H17NOS/c1-15(2)9-17-14-4-3-10(6-13(14)15)11-5-12(7-16)18-8-11/h3-6,8H,7,9,16H2,1-2H3. The van der Waals surface area contributed by atoms with Gasteiger partial charge in [-0.25, -0.2) is 0 Å². The van der Waals surface area contributed by atoms with Gasteiger partial charge < -0.3 is 10.5 Å². The average Bonchev–Trinajstić information content (AvgIpc) is 2.95. The van der Waals surface area contributed by atoms with Crippen LogP contribution in [0.4, 0.5) is 0 Å². The van der Waals surface area contributed by atoms with Crippen LogP contribution in [0.2, 0.25) is 0 Å². The Labute approximate surface area is 111 Å². The summed E-state index contributed by atoms with van der Waals surface area (Å²) in [5, 5.41) is 2.17. The first-order chi connectivity index (χ1) is 8.60. The molecule has 1 aromatic carbocycles. The molecule has 18 heavy (non-hydrogen) atoms. The van der Waals surface area contributed by atoms with Crippen molar-refractivity contribution in [1.82, 2.24) is 0 Å². The molecule has 1 aliphatic heterocycles. The van der Waals surface area contributed by atoms with Crippen molar-refractivity contribution in [2.24, 2.45) is 5.73 Å². The molecule has 0 saturated heterocycles. The van der Waals surface area contributed by atoms with Gasteiger partial charge in [0.2, 0.25) is 0 Å². The molecule has 0 atom stereocenters. The number of ether oxygens (including phenoxy) is 1. The Morgan fingerprint density at radius 2 is 2.11 bits per heavy atom. The van der Waals surface area contributed by atoms with E-state index < -0.39 is 0 Å². The van der Waals surface area contributed by atoms with Gasteiger partial charge in [-0.3, -0.25) is 0 Å². The Hall–Kier alpha value is -1.32. The zero-order chi connectivity index (χ0) is 12.8. The zero-order valence-corrected chi connectivity index (χ0v) is 11.5. The summed E-state index contributed by atoms with van der Waals surface area (Å²) in [6.07, 6.45) is 0. The van der Waals surface area contributed by atoms with Crippen molar-refractivity contribution in [3.63, 3.8) is 0 Å². The average molecular weight is 259 g/mol. The molecule has 0 bridgehead atoms. The van der Waals surface area contributed by atoms with Crippen molar-refractivity contribution < 1.29 is 4.74 Å². The van der Waals surface area contributed by atoms with E-state index in [1.54, 1.807) is 11.3 Å². The largest absolute Gasteiger partial charge is 0.492 e. The zero-order valence-electron chi connectivity index (χ0n) is 10.7. The van der Waals surface area contributed by atoms with Gasteiger partial charge in [0.05, 0.1) is 6.61 Å². The molecule has 0 radical (unpaired) electrons. The predicted molar refractivity (Wildman–Crippen MR) is 76.2 cm³/mol. The minimum atomic E-state index is 0.109. The summed E-state index contributed by atoms with van der Waals surface area (Å²) in [6, 6.07) is 8.64. The number of hydrogen-bond acceptors (Lipinski definition) is 3. The van der Waals surface area contributed by atoms with Crippen LogP contribution in [-0.2, 0) is 12.0 Å². The van der Waals surface area contributed by atoms with Crippen LogP contribution in [-0.4, -0.2) is 6.61 Å². The molecule has 0 fully saturated rings. The van der Waals surface area contributed by atoms with E-state index in [1.165, 1.54) is 21.6 Å². The van der Waals surface area contributed by atoms with Crippen LogP contribution in [0, 0.1) is 0 Å². The highest BCUT2D eigenvalue weighted by molar-refractivity contribution is 7.10. The summed E-state index contributed by atoms with van der Waals surface area (Å²) < 4.78 is 5.71. The molecular formula is C15H17NOS. The lowest BCUT2D eigenvalue weighted by molar-refractivity contribution is 0.291. The highest BCUT2D eigenvalue weighted by atomic mass is 32.1. The van der Waals surface area contributed by atoms with Crippen LogP contribution in [0.5, 0.6) is 5.75 Å². The van der Waals surface area contributed by atoms with E-state index in [0.717, 1.165) is 12.4 Å². The summed E-state index contributed by atoms with van der Waals surface area (Å²) in [7, 11) is 0. The number of thiophene rings is 1. The molecule has 0 saturated carbocycles. The molecule has 2 nitrogen and oxygen atoms in total. The Kier molecular flexibility index (Phi) is 2.68. The Morgan fingerprint density at radius 1 is 1.28 bits per heavy atom. The van der Waals surface area contributed by atoms with Gasteiger partial charge in [0.1, 0.15) is 5.75 Å². The summed E-state index contributed by atoms with van der Waals surface area (Å²) in [6.45, 7) is 5.83. The lowest BCUT2D eigenvalue weighted by Crippen LogP contribution is -2.18. The summed E-state index contributed by atoms with van der Waals surface area (Å²) in [5.41, 5.74) is 9.59. The van der Waals surface area contributed by atoms with Crippen LogP contribution < -0.4 is 10.5 Å². The van der Waals surface area contributed by atoms with Crippen molar-refractivity contribution in [3.8, 4) is 16.9 Å². The summed E-state index contributed by atoms with van der Waals surface area (Å²) >= 11 is 1.72. The van der Waals surface area contributed by atoms with Crippen LogP contribution in [0.1, 0.15) is 24.3 Å². The third kappa shape index (κ3) is 1.84. The second kappa shape index (κ2) is 4.11. The number of rotatable bonds is 2. The topological polar surface area (TPSA) is 35.2 Å². The van der Waals surface area contributed by atoms with Gasteiger partial charge in [0.25, 0.3) is 0 Å². The molecule has 2 N–H and O–H groups in total. The maximum Gasteiger partial charge on any atom is 0.123 e. The monoisotopic (exact) mass is 259 g/mol. The molecule has 94 valence electrons. The van der Waals surface area contributed by atoms with Crippen molar-refractivity contribution in [2.75, 3.05) is 6.61 Å². The molecule has 3 rings (SSSR count). The Balaban J connectivity index is 2.05. The minimum absolute atomic E-state index is 0.109. The Morgan fingerprint density at radius 3 is 2.83 bits per heavy atom. The van der Waals surface area contributed by atoms with Crippen molar-refractivity contribution in [3.05, 3.63) is 40.1 Å². The van der Waals surface area contributed by atoms with Crippen LogP contribution in [0.15, 0.2) is 29.6 Å². The van der Waals surface area contributed by atoms with E-state index in [9.17, 15) is 0 Å². The third-order valence-electron chi connectivity index (χ3n) is 3.49. The predicted octanol–water partition coefficient (Wildman–Crippen LogP) is 3.54. The van der Waals surface area contributed by atoms with Crippen molar-refractivity contribution in [1.29, 1.82) is 0 Å². The first kappa shape index (κ1) is 11.8. The first-order valence-electron chi connectivity index (χ1n) is 6.15. The van der Waals surface area contributed by atoms with E-state index in [2.05, 4.69) is 43.5 Å². The highest BCUT2D eigenvalue weighted by Crippen LogP contribution is 2.40. The van der Waals surface area contributed by atoms with Crippen molar-refractivity contribution >= 4 is 11.3 Å². The molecule has 2 aromatic rings. The van der Waals surface area contributed by atoms with Gasteiger partial charge in [-0.1, -0.05) is 19.9 Å². The molecule has 0 amide bonds. The second-order valence-corrected chi connectivity index (χ2v) is 6.39. The van der Waals surface area contributed by atoms with Gasteiger partial charge in [0.15, 0.2) is 0 Å². The van der Waals surface area contributed by atoms with Gasteiger partial charge in [0, 0.05) is 22.4 Å². The number of benzene rings is 1. The normalized spacial score (nSPS) is 16.4. The molecule has 0 spiro atoms. The SMILES string of the molecule is CC1(C)COc2ccc(-c3csc(CN)c3)cc21. The number of hydrogen-bond donors (Lipinski definition) is 1. The summed E-state index contributed by atoms with van der Waals surface area (Å²) in [4.78, 5) is 1.22. The molecule has 0 unspecified atom stereocenters. The number of fused-ring (bicyclic) bond motifs is 1. The maximum absolute atomic E-state index is 5.71. The van der Waals surface area contributed by atoms with E-state index >= 15 is 0 Å². The van der Waals surface area contributed by atoms with Crippen LogP contribution in [0.3, 0.4) is 0 Å². The van der Waals surface area contributed by atoms with E-state index in [4.69, 9.17) is 10.5 Å². The minimum Gasteiger partial charge on any atom is -0.492 e. The molecule has 0 aliphatic carbocycles. The fraction of sp³-hybridized carbons (Fsp3) is 0.333. The molecule has 1 aromatic heterocycles. The maximum atomic E-state index is 5.71. The van der Waals surface area contributed by atoms with Gasteiger partial charge >= 0.3 is 0 Å². The lowest BCUT2D eigenvalue weighted by atomic mass is 9.85. The molecule has 1 aliphatic rings. The third-order valence-corrected chi connectivity index (χ3v) is 4.44. The molecule has 2 heterocycles. The van der Waals surface area contributed by atoms with E-state index in [0.29, 0.717) is 6.54 Å². The van der Waals surface area contributed by atoms with Crippen molar-refractivity contribution in [2.45, 2.75) is 25.8 Å². The number of nitrogens with two attached hydrogens (primary N) is 1. The molecule has 3 heteroatoms. The highest BCUT2D eigenvalue weighted by Gasteiger charge is 2.31.